The van der Waals surface area contributed by atoms with Crippen LogP contribution in [-0.2, 0) is 36.8 Å². The first-order valence-electron chi connectivity index (χ1n) is 23.4. The van der Waals surface area contributed by atoms with E-state index in [0.717, 1.165) is 114 Å². The van der Waals surface area contributed by atoms with E-state index < -0.39 is 11.8 Å². The molecule has 66 heavy (non-hydrogen) atoms. The number of nitrogens with one attached hydrogen (secondary N) is 1. The lowest BCUT2D eigenvalue weighted by Gasteiger charge is -2.45. The highest BCUT2D eigenvalue weighted by Crippen LogP contribution is 2.49. The number of pyridine rings is 2. The number of aryl methyl sites for hydroxylation is 4. The van der Waals surface area contributed by atoms with Gasteiger partial charge in [-0.1, -0.05) is 13.8 Å². The lowest BCUT2D eigenvalue weighted by Crippen LogP contribution is -2.48. The SMILES string of the molecule is CCc1cc(-c2ccc(C#N)cn2)cc(C)c1C1C(=O)CC2(CCN(C(=O)C3CC3)CC2)CC1=O.CCc1cc(-c2ccc(C#N)cn2)cc(C)c1C1C(=O)CC2(CCNCC2)CC1=O.Cl. The van der Waals surface area contributed by atoms with Crippen LogP contribution in [0.4, 0.5) is 0 Å². The first-order valence-corrected chi connectivity index (χ1v) is 23.4. The molecule has 3 saturated carbocycles. The first kappa shape index (κ1) is 48.1. The van der Waals surface area contributed by atoms with Crippen LogP contribution in [0.3, 0.4) is 0 Å². The highest BCUT2D eigenvalue weighted by Gasteiger charge is 2.49. The molecule has 5 fully saturated rings. The van der Waals surface area contributed by atoms with Crippen molar-refractivity contribution >= 4 is 41.4 Å². The average Bonchev–Trinajstić information content (AvgIpc) is 4.16. The van der Waals surface area contributed by atoms with Gasteiger partial charge in [-0.15, -0.1) is 12.4 Å². The van der Waals surface area contributed by atoms with Gasteiger partial charge in [-0.25, -0.2) is 0 Å². The average molecular weight is 908 g/mol. The number of piperidine rings is 2. The third-order valence-electron chi connectivity index (χ3n) is 14.9. The van der Waals surface area contributed by atoms with Crippen LogP contribution < -0.4 is 5.32 Å². The maximum absolute atomic E-state index is 13.5. The summed E-state index contributed by atoms with van der Waals surface area (Å²) in [6.45, 7) is 11.1. The van der Waals surface area contributed by atoms with E-state index in [1.54, 1.807) is 24.5 Å². The molecule has 0 radical (unpaired) electrons. The van der Waals surface area contributed by atoms with Crippen molar-refractivity contribution in [3.8, 4) is 34.7 Å². The summed E-state index contributed by atoms with van der Waals surface area (Å²) in [6, 6.07) is 19.4. The molecule has 1 amide bonds. The van der Waals surface area contributed by atoms with E-state index >= 15 is 0 Å². The molecule has 2 aromatic heterocycles. The Labute approximate surface area is 394 Å². The van der Waals surface area contributed by atoms with Crippen molar-refractivity contribution in [2.24, 2.45) is 16.7 Å². The molecule has 2 saturated heterocycles. The number of nitrogens with zero attached hydrogens (tertiary/aromatic N) is 5. The van der Waals surface area contributed by atoms with Crippen LogP contribution in [-0.4, -0.2) is 70.1 Å². The van der Waals surface area contributed by atoms with Crippen molar-refractivity contribution in [1.29, 1.82) is 10.5 Å². The second-order valence-corrected chi connectivity index (χ2v) is 19.3. The number of likely N-dealkylation sites (tertiary alicyclic amines) is 1. The Hall–Kier alpha value is -5.88. The van der Waals surface area contributed by atoms with Gasteiger partial charge in [0.05, 0.1) is 22.5 Å². The Morgan fingerprint density at radius 2 is 1.08 bits per heavy atom. The third-order valence-corrected chi connectivity index (χ3v) is 14.9. The Morgan fingerprint density at radius 3 is 1.42 bits per heavy atom. The van der Waals surface area contributed by atoms with Crippen molar-refractivity contribution in [3.63, 3.8) is 0 Å². The predicted molar refractivity (Wildman–Crippen MR) is 254 cm³/mol. The molecule has 0 unspecified atom stereocenters. The zero-order chi connectivity index (χ0) is 46.0. The molecule has 11 nitrogen and oxygen atoms in total. The van der Waals surface area contributed by atoms with Crippen LogP contribution in [0, 0.1) is 53.3 Å². The van der Waals surface area contributed by atoms with Gasteiger partial charge in [-0.2, -0.15) is 10.5 Å². The molecule has 4 heterocycles. The Morgan fingerprint density at radius 1 is 0.667 bits per heavy atom. The second-order valence-electron chi connectivity index (χ2n) is 19.3. The Balaban J connectivity index is 0.000000196. The minimum Gasteiger partial charge on any atom is -0.342 e. The summed E-state index contributed by atoms with van der Waals surface area (Å²) >= 11 is 0. The largest absolute Gasteiger partial charge is 0.342 e. The number of ketones is 4. The number of halogens is 1. The molecule has 12 heteroatoms. The van der Waals surface area contributed by atoms with E-state index in [1.165, 1.54) is 0 Å². The number of carbonyl (C=O) groups excluding carboxylic acids is 5. The van der Waals surface area contributed by atoms with Crippen LogP contribution in [0.1, 0.15) is 134 Å². The van der Waals surface area contributed by atoms with Crippen LogP contribution in [0.5, 0.6) is 0 Å². The first-order chi connectivity index (χ1) is 31.3. The molecule has 9 rings (SSSR count). The summed E-state index contributed by atoms with van der Waals surface area (Å²) in [7, 11) is 0. The minimum atomic E-state index is -0.704. The number of benzene rings is 2. The standard InChI is InChI=1S/C29H31N3O3.C25H27N3O2.ClH/c1-3-20-13-22(23-7-4-19(16-30)17-31-23)12-18(2)26(20)27-24(33)14-29(15-25(27)34)8-10-32(11-9-29)28(35)21-5-6-21;1-3-18-11-19(20-5-4-17(14-26)15-28-20)10-16(2)23(18)24-21(29)12-25(13-22(24)30)6-8-27-9-7-25;/h4,7,12-13,17,21,27H,3,5-6,8-11,14-15H2,1-2H3;4-5,10-11,15,24,27H,3,6-9,12-13H2,1-2H3;1H. The van der Waals surface area contributed by atoms with Crippen molar-refractivity contribution in [3.05, 3.63) is 105 Å². The zero-order valence-electron chi connectivity index (χ0n) is 38.5. The fourth-order valence-electron chi connectivity index (χ4n) is 11.2. The van der Waals surface area contributed by atoms with Gasteiger partial charge < -0.3 is 10.2 Å². The molecular weight excluding hydrogens is 848 g/mol. The molecule has 0 bridgehead atoms. The van der Waals surface area contributed by atoms with E-state index in [4.69, 9.17) is 10.5 Å². The number of aromatic nitrogens is 2. The topological polar surface area (TPSA) is 174 Å². The molecule has 2 spiro atoms. The monoisotopic (exact) mass is 906 g/mol. The minimum absolute atomic E-state index is 0. The second kappa shape index (κ2) is 19.9. The molecule has 342 valence electrons. The normalized spacial score (nSPS) is 20.2. The summed E-state index contributed by atoms with van der Waals surface area (Å²) in [6.07, 6.45) is 11.7. The molecule has 2 aromatic carbocycles. The number of amides is 1. The fourth-order valence-corrected chi connectivity index (χ4v) is 11.2. The van der Waals surface area contributed by atoms with E-state index in [-0.39, 0.29) is 58.2 Å². The highest BCUT2D eigenvalue weighted by molar-refractivity contribution is 6.11. The van der Waals surface area contributed by atoms with Crippen molar-refractivity contribution in [1.82, 2.24) is 20.2 Å². The fraction of sp³-hybridized carbons (Fsp3) is 0.463. The van der Waals surface area contributed by atoms with Gasteiger partial charge in [0, 0.05) is 68.2 Å². The predicted octanol–water partition coefficient (Wildman–Crippen LogP) is 8.82. The molecule has 0 atom stereocenters. The lowest BCUT2D eigenvalue weighted by atomic mass is 9.62. The number of hydrogen-bond acceptors (Lipinski definition) is 10. The summed E-state index contributed by atoms with van der Waals surface area (Å²) in [5.74, 6) is -0.679. The molecule has 5 aliphatic rings. The smallest absolute Gasteiger partial charge is 0.225 e. The summed E-state index contributed by atoms with van der Waals surface area (Å²) in [5.41, 5.74) is 9.69. The number of nitriles is 2. The molecule has 4 aromatic rings. The van der Waals surface area contributed by atoms with Crippen LogP contribution in [0.25, 0.3) is 22.5 Å². The molecule has 2 aliphatic heterocycles. The third kappa shape index (κ3) is 9.80. The molecule has 3 aliphatic carbocycles. The lowest BCUT2D eigenvalue weighted by molar-refractivity contribution is -0.141. The van der Waals surface area contributed by atoms with Crippen LogP contribution in [0.15, 0.2) is 60.9 Å². The Kier molecular flexibility index (Phi) is 14.5. The molecular formula is C54H59ClN6O5. The van der Waals surface area contributed by atoms with Crippen molar-refractivity contribution in [2.45, 2.75) is 117 Å². The highest BCUT2D eigenvalue weighted by atomic mass is 35.5. The Bertz CT molecular complexity index is 2590. The van der Waals surface area contributed by atoms with Gasteiger partial charge in [0.15, 0.2) is 0 Å². The van der Waals surface area contributed by atoms with E-state index in [0.29, 0.717) is 56.3 Å². The summed E-state index contributed by atoms with van der Waals surface area (Å²) < 4.78 is 0. The van der Waals surface area contributed by atoms with Gasteiger partial charge in [-0.05, 0) is 171 Å². The maximum atomic E-state index is 13.5. The van der Waals surface area contributed by atoms with E-state index in [2.05, 4.69) is 34.3 Å². The van der Waals surface area contributed by atoms with Gasteiger partial charge in [0.25, 0.3) is 0 Å². The molecule has 1 N–H and O–H groups in total. The van der Waals surface area contributed by atoms with Crippen molar-refractivity contribution < 1.29 is 24.0 Å². The van der Waals surface area contributed by atoms with E-state index in [9.17, 15) is 24.0 Å². The van der Waals surface area contributed by atoms with Gasteiger partial charge in [0.2, 0.25) is 5.91 Å². The number of hydrogen-bond donors (Lipinski definition) is 1. The van der Waals surface area contributed by atoms with E-state index in [1.807, 2.05) is 62.1 Å². The van der Waals surface area contributed by atoms with Gasteiger partial charge >= 0.3 is 0 Å². The quantitative estimate of drug-likeness (QED) is 0.177. The summed E-state index contributed by atoms with van der Waals surface area (Å²) in [4.78, 5) is 76.7. The summed E-state index contributed by atoms with van der Waals surface area (Å²) in [5, 5.41) is 21.4. The maximum Gasteiger partial charge on any atom is 0.225 e. The van der Waals surface area contributed by atoms with Gasteiger partial charge in [0.1, 0.15) is 47.1 Å². The van der Waals surface area contributed by atoms with Crippen LogP contribution in [0.2, 0.25) is 0 Å². The van der Waals surface area contributed by atoms with Crippen LogP contribution >= 0.6 is 12.4 Å². The number of carbonyl (C=O) groups is 5. The number of rotatable bonds is 7. The van der Waals surface area contributed by atoms with Crippen molar-refractivity contribution in [2.75, 3.05) is 26.2 Å². The number of Topliss-reactive ketones (excluding diaryl/α,β-unsaturated/α-hetero) is 4. The zero-order valence-corrected chi connectivity index (χ0v) is 39.3. The van der Waals surface area contributed by atoms with Gasteiger partial charge in [-0.3, -0.25) is 33.9 Å².